The van der Waals surface area contributed by atoms with E-state index in [1.54, 1.807) is 24.5 Å². The van der Waals surface area contributed by atoms with Gasteiger partial charge >= 0.3 is 5.97 Å². The lowest BCUT2D eigenvalue weighted by molar-refractivity contribution is -0.142. The van der Waals surface area contributed by atoms with Crippen molar-refractivity contribution in [2.75, 3.05) is 7.11 Å². The molecule has 7 nitrogen and oxygen atoms in total. The molecule has 3 N–H and O–H groups in total. The van der Waals surface area contributed by atoms with Crippen LogP contribution in [0.2, 0.25) is 0 Å². The molecule has 0 aliphatic rings. The quantitative estimate of drug-likeness (QED) is 0.475. The molecule has 2 aromatic heterocycles. The maximum atomic E-state index is 12.7. The van der Waals surface area contributed by atoms with Crippen LogP contribution in [0.15, 0.2) is 55.0 Å². The Morgan fingerprint density at radius 1 is 1.15 bits per heavy atom. The van der Waals surface area contributed by atoms with Crippen LogP contribution in [-0.4, -0.2) is 40.0 Å². The molecule has 0 unspecified atom stereocenters. The molecule has 1 amide bonds. The van der Waals surface area contributed by atoms with Crippen molar-refractivity contribution >= 4 is 33.8 Å². The largest absolute Gasteiger partial charge is 0.467 e. The van der Waals surface area contributed by atoms with Crippen LogP contribution in [0, 0.1) is 0 Å². The second-order valence-electron chi connectivity index (χ2n) is 6.25. The summed E-state index contributed by atoms with van der Waals surface area (Å²) in [5.74, 6) is -0.835. The van der Waals surface area contributed by atoms with Crippen LogP contribution in [0.3, 0.4) is 0 Å². The van der Waals surface area contributed by atoms with Gasteiger partial charge in [-0.1, -0.05) is 18.2 Å². The van der Waals surface area contributed by atoms with E-state index in [0.717, 1.165) is 27.5 Å². The van der Waals surface area contributed by atoms with E-state index in [2.05, 4.69) is 20.3 Å². The zero-order chi connectivity index (χ0) is 18.8. The number of nitrogens with zero attached hydrogens (tertiary/aromatic N) is 1. The van der Waals surface area contributed by atoms with Gasteiger partial charge in [0.15, 0.2) is 0 Å². The first-order valence-electron chi connectivity index (χ1n) is 8.52. The van der Waals surface area contributed by atoms with Crippen molar-refractivity contribution in [2.45, 2.75) is 12.5 Å². The first-order valence-corrected chi connectivity index (χ1v) is 8.52. The number of benzene rings is 2. The van der Waals surface area contributed by atoms with E-state index in [0.29, 0.717) is 12.0 Å². The Hall–Kier alpha value is -3.61. The maximum Gasteiger partial charge on any atom is 0.328 e. The molecule has 0 aliphatic carbocycles. The van der Waals surface area contributed by atoms with E-state index in [-0.39, 0.29) is 5.91 Å². The van der Waals surface area contributed by atoms with Gasteiger partial charge in [0, 0.05) is 29.1 Å². The number of methoxy groups -OCH3 is 1. The van der Waals surface area contributed by atoms with Gasteiger partial charge in [-0.3, -0.25) is 4.79 Å². The predicted molar refractivity (Wildman–Crippen MR) is 101 cm³/mol. The standard InChI is InChI=1S/C20H18N4O3/c1-27-20(26)18(9-13-10-21-15-5-3-2-4-14(13)15)24-19(25)12-6-7-16-17(8-12)23-11-22-16/h2-8,10-11,18,21H,9H2,1H3,(H,22,23)(H,24,25)/t18-/m0/s1. The minimum atomic E-state index is -0.792. The number of imidazole rings is 1. The SMILES string of the molecule is COC(=O)[C@H](Cc1c[nH]c2ccccc12)NC(=O)c1ccc2nc[nH]c2c1. The molecule has 27 heavy (non-hydrogen) atoms. The number of fused-ring (bicyclic) bond motifs is 2. The van der Waals surface area contributed by atoms with Crippen molar-refractivity contribution in [1.29, 1.82) is 0 Å². The molecular formula is C20H18N4O3. The van der Waals surface area contributed by atoms with Gasteiger partial charge in [0.2, 0.25) is 0 Å². The van der Waals surface area contributed by atoms with Gasteiger partial charge in [0.1, 0.15) is 6.04 Å². The minimum absolute atomic E-state index is 0.328. The molecule has 0 fully saturated rings. The third-order valence-electron chi connectivity index (χ3n) is 4.57. The van der Waals surface area contributed by atoms with Crippen LogP contribution < -0.4 is 5.32 Å². The van der Waals surface area contributed by atoms with Crippen molar-refractivity contribution in [3.63, 3.8) is 0 Å². The van der Waals surface area contributed by atoms with E-state index < -0.39 is 12.0 Å². The van der Waals surface area contributed by atoms with E-state index in [9.17, 15) is 9.59 Å². The molecular weight excluding hydrogens is 344 g/mol. The number of para-hydroxylation sites is 1. The highest BCUT2D eigenvalue weighted by Crippen LogP contribution is 2.20. The number of ether oxygens (including phenoxy) is 1. The zero-order valence-electron chi connectivity index (χ0n) is 14.7. The molecule has 0 radical (unpaired) electrons. The van der Waals surface area contributed by atoms with Gasteiger partial charge in [-0.15, -0.1) is 0 Å². The van der Waals surface area contributed by atoms with Crippen molar-refractivity contribution in [2.24, 2.45) is 0 Å². The molecule has 7 heteroatoms. The summed E-state index contributed by atoms with van der Waals surface area (Å²) in [6.07, 6.45) is 3.75. The Balaban J connectivity index is 1.58. The normalized spacial score (nSPS) is 12.2. The number of hydrogen-bond donors (Lipinski definition) is 3. The molecule has 0 bridgehead atoms. The van der Waals surface area contributed by atoms with Gasteiger partial charge in [-0.25, -0.2) is 9.78 Å². The molecule has 0 saturated carbocycles. The van der Waals surface area contributed by atoms with E-state index in [4.69, 9.17) is 4.74 Å². The lowest BCUT2D eigenvalue weighted by Crippen LogP contribution is -2.43. The Morgan fingerprint density at radius 2 is 2.00 bits per heavy atom. The number of H-pyrrole nitrogens is 2. The minimum Gasteiger partial charge on any atom is -0.467 e. The number of nitrogens with one attached hydrogen (secondary N) is 3. The highest BCUT2D eigenvalue weighted by Gasteiger charge is 2.24. The fourth-order valence-corrected chi connectivity index (χ4v) is 3.17. The second kappa shape index (κ2) is 6.95. The van der Waals surface area contributed by atoms with Gasteiger partial charge in [-0.2, -0.15) is 0 Å². The van der Waals surface area contributed by atoms with Gasteiger partial charge in [-0.05, 0) is 29.8 Å². The number of aromatic amines is 2. The Morgan fingerprint density at radius 3 is 2.85 bits per heavy atom. The number of amides is 1. The smallest absolute Gasteiger partial charge is 0.328 e. The number of carbonyl (C=O) groups excluding carboxylic acids is 2. The third-order valence-corrected chi connectivity index (χ3v) is 4.57. The van der Waals surface area contributed by atoms with Crippen LogP contribution in [0.4, 0.5) is 0 Å². The van der Waals surface area contributed by atoms with Crippen LogP contribution in [0.25, 0.3) is 21.9 Å². The maximum absolute atomic E-state index is 12.7. The van der Waals surface area contributed by atoms with Crippen LogP contribution in [0.5, 0.6) is 0 Å². The summed E-state index contributed by atoms with van der Waals surface area (Å²) in [6, 6.07) is 12.2. The zero-order valence-corrected chi connectivity index (χ0v) is 14.7. The average Bonchev–Trinajstić information content (AvgIpc) is 3.33. The number of esters is 1. The van der Waals surface area contributed by atoms with Crippen LogP contribution in [-0.2, 0) is 16.0 Å². The first kappa shape index (κ1) is 16.8. The van der Waals surface area contributed by atoms with E-state index in [1.807, 2.05) is 30.5 Å². The molecule has 0 aliphatic heterocycles. The van der Waals surface area contributed by atoms with Crippen LogP contribution in [0.1, 0.15) is 15.9 Å². The highest BCUT2D eigenvalue weighted by molar-refractivity contribution is 5.99. The van der Waals surface area contributed by atoms with Crippen molar-refractivity contribution < 1.29 is 14.3 Å². The lowest BCUT2D eigenvalue weighted by atomic mass is 10.0. The second-order valence-corrected chi connectivity index (χ2v) is 6.25. The highest BCUT2D eigenvalue weighted by atomic mass is 16.5. The Kier molecular flexibility index (Phi) is 4.33. The molecule has 2 heterocycles. The summed E-state index contributed by atoms with van der Waals surface area (Å²) in [6.45, 7) is 0. The van der Waals surface area contributed by atoms with Gasteiger partial charge in [0.05, 0.1) is 24.5 Å². The number of rotatable bonds is 5. The summed E-state index contributed by atoms with van der Waals surface area (Å²) in [4.78, 5) is 35.2. The molecule has 1 atom stereocenters. The third kappa shape index (κ3) is 3.27. The first-order chi connectivity index (χ1) is 13.2. The molecule has 4 aromatic rings. The molecule has 0 saturated heterocycles. The average molecular weight is 362 g/mol. The van der Waals surface area contributed by atoms with E-state index in [1.165, 1.54) is 7.11 Å². The topological polar surface area (TPSA) is 99.9 Å². The summed E-state index contributed by atoms with van der Waals surface area (Å²) in [7, 11) is 1.31. The fourth-order valence-electron chi connectivity index (χ4n) is 3.17. The lowest BCUT2D eigenvalue weighted by Gasteiger charge is -2.16. The van der Waals surface area contributed by atoms with Gasteiger partial charge < -0.3 is 20.0 Å². The molecule has 136 valence electrons. The van der Waals surface area contributed by atoms with Crippen molar-refractivity contribution in [3.05, 3.63) is 66.1 Å². The van der Waals surface area contributed by atoms with Gasteiger partial charge in [0.25, 0.3) is 5.91 Å². The summed E-state index contributed by atoms with van der Waals surface area (Å²) >= 11 is 0. The van der Waals surface area contributed by atoms with Crippen molar-refractivity contribution in [1.82, 2.24) is 20.3 Å². The Bertz CT molecular complexity index is 1130. The van der Waals surface area contributed by atoms with Crippen molar-refractivity contribution in [3.8, 4) is 0 Å². The fraction of sp³-hybridized carbons (Fsp3) is 0.150. The summed E-state index contributed by atoms with van der Waals surface area (Å²) in [5.41, 5.74) is 3.89. The number of aromatic nitrogens is 3. The monoisotopic (exact) mass is 362 g/mol. The van der Waals surface area contributed by atoms with Crippen LogP contribution >= 0.6 is 0 Å². The predicted octanol–water partition coefficient (Wildman–Crippen LogP) is 2.56. The molecule has 4 rings (SSSR count). The summed E-state index contributed by atoms with van der Waals surface area (Å²) in [5, 5.41) is 3.80. The Labute approximate surface area is 154 Å². The summed E-state index contributed by atoms with van der Waals surface area (Å²) < 4.78 is 4.89. The number of hydrogen-bond acceptors (Lipinski definition) is 4. The van der Waals surface area contributed by atoms with E-state index >= 15 is 0 Å². The molecule has 0 spiro atoms. The molecule has 2 aromatic carbocycles. The number of carbonyl (C=O) groups is 2.